The van der Waals surface area contributed by atoms with Crippen LogP contribution in [-0.2, 0) is 6.42 Å². The summed E-state index contributed by atoms with van der Waals surface area (Å²) in [7, 11) is 0. The number of pyridine rings is 1. The fraction of sp³-hybridized carbons (Fsp3) is 0.444. The third-order valence-electron chi connectivity index (χ3n) is 1.71. The van der Waals surface area contributed by atoms with Gasteiger partial charge in [0.05, 0.1) is 0 Å². The van der Waals surface area contributed by atoms with Crippen LogP contribution in [0.25, 0.3) is 0 Å². The minimum atomic E-state index is 0.802. The average molecular weight is 166 g/mol. The van der Waals surface area contributed by atoms with E-state index in [-0.39, 0.29) is 0 Å². The summed E-state index contributed by atoms with van der Waals surface area (Å²) in [6.07, 6.45) is 4.04. The van der Waals surface area contributed by atoms with Gasteiger partial charge in [-0.05, 0) is 25.1 Å². The van der Waals surface area contributed by atoms with Crippen molar-refractivity contribution in [1.29, 1.82) is 0 Å². The molecule has 0 unspecified atom stereocenters. The van der Waals surface area contributed by atoms with E-state index in [9.17, 15) is 5.21 Å². The Morgan fingerprint density at radius 3 is 2.67 bits per heavy atom. The second-order valence-electron chi connectivity index (χ2n) is 2.67. The minimum Gasteiger partial charge on any atom is -0.619 e. The van der Waals surface area contributed by atoms with Crippen molar-refractivity contribution < 1.29 is 4.73 Å². The Bertz CT molecular complexity index is 220. The summed E-state index contributed by atoms with van der Waals surface area (Å²) >= 11 is 0. The first kappa shape index (κ1) is 9.00. The van der Waals surface area contributed by atoms with Crippen LogP contribution in [0, 0.1) is 5.21 Å². The quantitative estimate of drug-likeness (QED) is 0.401. The van der Waals surface area contributed by atoms with Gasteiger partial charge in [-0.3, -0.25) is 0 Å². The smallest absolute Gasteiger partial charge is 0.180 e. The van der Waals surface area contributed by atoms with Crippen LogP contribution in [-0.4, -0.2) is 13.1 Å². The first-order valence-corrected chi connectivity index (χ1v) is 4.21. The zero-order valence-corrected chi connectivity index (χ0v) is 7.29. The molecule has 0 atom stereocenters. The lowest BCUT2D eigenvalue weighted by Crippen LogP contribution is -2.24. The van der Waals surface area contributed by atoms with Crippen LogP contribution in [0.15, 0.2) is 24.5 Å². The minimum absolute atomic E-state index is 0.802. The summed E-state index contributed by atoms with van der Waals surface area (Å²) < 4.78 is 0.802. The Morgan fingerprint density at radius 1 is 1.42 bits per heavy atom. The molecule has 1 N–H and O–H groups in total. The number of rotatable bonds is 4. The van der Waals surface area contributed by atoms with Crippen LogP contribution in [0.3, 0.4) is 0 Å². The molecule has 0 saturated heterocycles. The van der Waals surface area contributed by atoms with Gasteiger partial charge in [0.25, 0.3) is 0 Å². The Kier molecular flexibility index (Phi) is 3.54. The number of hydrogen-bond donors (Lipinski definition) is 1. The highest BCUT2D eigenvalue weighted by atomic mass is 16.5. The van der Waals surface area contributed by atoms with Crippen molar-refractivity contribution in [3.8, 4) is 0 Å². The van der Waals surface area contributed by atoms with Crippen molar-refractivity contribution >= 4 is 0 Å². The molecule has 0 bridgehead atoms. The van der Waals surface area contributed by atoms with Crippen LogP contribution in [0.4, 0.5) is 0 Å². The summed E-state index contributed by atoms with van der Waals surface area (Å²) in [4.78, 5) is 0. The number of nitrogens with zero attached hydrogens (tertiary/aromatic N) is 1. The monoisotopic (exact) mass is 166 g/mol. The third-order valence-corrected chi connectivity index (χ3v) is 1.71. The summed E-state index contributed by atoms with van der Waals surface area (Å²) in [6, 6.07) is 3.70. The van der Waals surface area contributed by atoms with Gasteiger partial charge in [-0.2, -0.15) is 4.73 Å². The highest BCUT2D eigenvalue weighted by Gasteiger charge is 1.93. The Labute approximate surface area is 72.6 Å². The van der Waals surface area contributed by atoms with Crippen LogP contribution in [0.2, 0.25) is 0 Å². The van der Waals surface area contributed by atoms with E-state index in [4.69, 9.17) is 0 Å². The predicted octanol–water partition coefficient (Wildman–Crippen LogP) is 0.472. The van der Waals surface area contributed by atoms with Crippen LogP contribution in [0.1, 0.15) is 12.5 Å². The molecule has 0 aliphatic carbocycles. The highest BCUT2D eigenvalue weighted by Crippen LogP contribution is 1.94. The number of aromatic nitrogens is 1. The fourth-order valence-electron chi connectivity index (χ4n) is 1.02. The Hall–Kier alpha value is -1.09. The molecular formula is C9H14N2O. The van der Waals surface area contributed by atoms with Gasteiger partial charge in [0, 0.05) is 12.1 Å². The molecule has 66 valence electrons. The van der Waals surface area contributed by atoms with Gasteiger partial charge >= 0.3 is 0 Å². The van der Waals surface area contributed by atoms with Crippen molar-refractivity contribution in [2.75, 3.05) is 13.1 Å². The maximum atomic E-state index is 10.7. The van der Waals surface area contributed by atoms with Gasteiger partial charge in [-0.15, -0.1) is 0 Å². The predicted molar refractivity (Wildman–Crippen MR) is 47.6 cm³/mol. The maximum Gasteiger partial charge on any atom is 0.180 e. The number of likely N-dealkylation sites (N-methyl/N-ethyl adjacent to an activating group) is 1. The SMILES string of the molecule is CCNCCc1cc[n+]([O-])cc1. The van der Waals surface area contributed by atoms with Crippen molar-refractivity contribution in [1.82, 2.24) is 5.32 Å². The molecule has 0 aromatic carbocycles. The van der Waals surface area contributed by atoms with Crippen LogP contribution >= 0.6 is 0 Å². The third kappa shape index (κ3) is 2.88. The molecule has 3 nitrogen and oxygen atoms in total. The lowest BCUT2D eigenvalue weighted by atomic mass is 10.2. The normalized spacial score (nSPS) is 10.1. The van der Waals surface area contributed by atoms with Gasteiger partial charge in [0.15, 0.2) is 12.4 Å². The van der Waals surface area contributed by atoms with E-state index in [2.05, 4.69) is 12.2 Å². The van der Waals surface area contributed by atoms with E-state index in [0.717, 1.165) is 24.2 Å². The maximum absolute atomic E-state index is 10.7. The van der Waals surface area contributed by atoms with Crippen LogP contribution < -0.4 is 10.0 Å². The molecule has 0 aliphatic rings. The molecule has 0 aliphatic heterocycles. The molecule has 1 aromatic rings. The Balaban J connectivity index is 2.37. The van der Waals surface area contributed by atoms with E-state index in [1.807, 2.05) is 12.1 Å². The second-order valence-corrected chi connectivity index (χ2v) is 2.67. The Morgan fingerprint density at radius 2 is 2.08 bits per heavy atom. The molecule has 12 heavy (non-hydrogen) atoms. The van der Waals surface area contributed by atoms with E-state index >= 15 is 0 Å². The van der Waals surface area contributed by atoms with E-state index in [0.29, 0.717) is 0 Å². The van der Waals surface area contributed by atoms with Gasteiger partial charge in [0.2, 0.25) is 0 Å². The highest BCUT2D eigenvalue weighted by molar-refractivity contribution is 5.07. The molecule has 0 amide bonds. The largest absolute Gasteiger partial charge is 0.619 e. The second kappa shape index (κ2) is 4.72. The fourth-order valence-corrected chi connectivity index (χ4v) is 1.02. The van der Waals surface area contributed by atoms with E-state index in [1.165, 1.54) is 18.0 Å². The topological polar surface area (TPSA) is 39.0 Å². The molecule has 3 heteroatoms. The van der Waals surface area contributed by atoms with Crippen molar-refractivity contribution in [3.05, 3.63) is 35.3 Å². The summed E-state index contributed by atoms with van der Waals surface area (Å²) in [5.74, 6) is 0. The van der Waals surface area contributed by atoms with Gasteiger partial charge in [0.1, 0.15) is 0 Å². The number of nitrogens with one attached hydrogen (secondary N) is 1. The van der Waals surface area contributed by atoms with Gasteiger partial charge in [-0.25, -0.2) is 0 Å². The van der Waals surface area contributed by atoms with Crippen molar-refractivity contribution in [3.63, 3.8) is 0 Å². The lowest BCUT2D eigenvalue weighted by Gasteiger charge is -2.01. The standard InChI is InChI=1S/C9H14N2O/c1-2-10-6-3-9-4-7-11(12)8-5-9/h4-5,7-8,10H,2-3,6H2,1H3. The first-order chi connectivity index (χ1) is 5.83. The van der Waals surface area contributed by atoms with Gasteiger partial charge in [-0.1, -0.05) is 6.92 Å². The number of hydrogen-bond acceptors (Lipinski definition) is 2. The molecule has 1 rings (SSSR count). The van der Waals surface area contributed by atoms with Crippen LogP contribution in [0.5, 0.6) is 0 Å². The molecule has 0 spiro atoms. The van der Waals surface area contributed by atoms with Crippen molar-refractivity contribution in [2.45, 2.75) is 13.3 Å². The average Bonchev–Trinajstić information content (AvgIpc) is 2.09. The zero-order chi connectivity index (χ0) is 8.81. The molecular weight excluding hydrogens is 152 g/mol. The summed E-state index contributed by atoms with van der Waals surface area (Å²) in [6.45, 7) is 4.05. The molecule has 1 aromatic heterocycles. The van der Waals surface area contributed by atoms with E-state index < -0.39 is 0 Å². The van der Waals surface area contributed by atoms with Crippen molar-refractivity contribution in [2.24, 2.45) is 0 Å². The first-order valence-electron chi connectivity index (χ1n) is 4.21. The molecule has 0 saturated carbocycles. The summed E-state index contributed by atoms with van der Waals surface area (Å²) in [5, 5.41) is 13.9. The molecule has 0 radical (unpaired) electrons. The lowest BCUT2D eigenvalue weighted by molar-refractivity contribution is -0.605. The molecule has 1 heterocycles. The van der Waals surface area contributed by atoms with Gasteiger partial charge < -0.3 is 10.5 Å². The molecule has 0 fully saturated rings. The summed E-state index contributed by atoms with van der Waals surface area (Å²) in [5.41, 5.74) is 1.20. The zero-order valence-electron chi connectivity index (χ0n) is 7.29. The van der Waals surface area contributed by atoms with E-state index in [1.54, 1.807) is 0 Å².